The van der Waals surface area contributed by atoms with Crippen LogP contribution in [0.2, 0.25) is 0 Å². The highest BCUT2D eigenvalue weighted by atomic mass is 32.2. The fourth-order valence-corrected chi connectivity index (χ4v) is 5.04. The fraction of sp³-hybridized carbons (Fsp3) is 0.0345. The number of nitrogens with zero attached hydrogens (tertiary/aromatic N) is 2. The lowest BCUT2D eigenvalue weighted by Crippen LogP contribution is -2.28. The summed E-state index contributed by atoms with van der Waals surface area (Å²) in [5, 5.41) is 4.04. The summed E-state index contributed by atoms with van der Waals surface area (Å²) < 4.78 is 65.4. The topological polar surface area (TPSA) is 69.2 Å². The van der Waals surface area contributed by atoms with Crippen LogP contribution in [0.25, 0.3) is 54.8 Å². The number of alkyl halides is 3. The molecular formula is C29H17F3N2O3S. The van der Waals surface area contributed by atoms with Crippen molar-refractivity contribution in [3.63, 3.8) is 0 Å². The monoisotopic (exact) mass is 530 g/mol. The van der Waals surface area contributed by atoms with E-state index in [9.17, 15) is 21.6 Å². The number of aromatic nitrogens is 2. The van der Waals surface area contributed by atoms with Gasteiger partial charge in [-0.3, -0.25) is 9.97 Å². The molecule has 6 aromatic rings. The van der Waals surface area contributed by atoms with E-state index in [2.05, 4.69) is 20.2 Å². The second kappa shape index (κ2) is 8.81. The number of hydrogen-bond donors (Lipinski definition) is 0. The van der Waals surface area contributed by atoms with Crippen molar-refractivity contribution in [2.24, 2.45) is 0 Å². The van der Waals surface area contributed by atoms with Gasteiger partial charge in [-0.25, -0.2) is 0 Å². The van der Waals surface area contributed by atoms with Crippen LogP contribution < -0.4 is 4.18 Å². The molecule has 1 aromatic heterocycles. The van der Waals surface area contributed by atoms with Crippen molar-refractivity contribution in [1.82, 2.24) is 9.97 Å². The van der Waals surface area contributed by atoms with Crippen molar-refractivity contribution >= 4 is 42.7 Å². The molecule has 0 aliphatic heterocycles. The Bertz CT molecular complexity index is 1940. The van der Waals surface area contributed by atoms with Gasteiger partial charge in [0.15, 0.2) is 0 Å². The van der Waals surface area contributed by atoms with Crippen molar-refractivity contribution in [2.45, 2.75) is 5.51 Å². The van der Waals surface area contributed by atoms with Gasteiger partial charge >= 0.3 is 15.6 Å². The predicted octanol–water partition coefficient (Wildman–Crippen LogP) is 7.50. The quantitative estimate of drug-likeness (QED) is 0.134. The molecule has 38 heavy (non-hydrogen) atoms. The zero-order valence-electron chi connectivity index (χ0n) is 19.5. The van der Waals surface area contributed by atoms with Crippen LogP contribution in [0.3, 0.4) is 0 Å². The first-order chi connectivity index (χ1) is 18.2. The largest absolute Gasteiger partial charge is 0.534 e. The molecule has 0 radical (unpaired) electrons. The van der Waals surface area contributed by atoms with Crippen molar-refractivity contribution < 1.29 is 25.8 Å². The maximum atomic E-state index is 12.8. The third-order valence-corrected chi connectivity index (χ3v) is 7.28. The van der Waals surface area contributed by atoms with Gasteiger partial charge in [0.2, 0.25) is 0 Å². The van der Waals surface area contributed by atoms with E-state index in [1.165, 1.54) is 12.1 Å². The minimum atomic E-state index is -5.76. The highest BCUT2D eigenvalue weighted by Gasteiger charge is 2.48. The van der Waals surface area contributed by atoms with Crippen LogP contribution in [0.1, 0.15) is 0 Å². The first kappa shape index (κ1) is 23.9. The molecule has 188 valence electrons. The number of fused-ring (bicyclic) bond motifs is 6. The molecule has 0 spiro atoms. The van der Waals surface area contributed by atoms with E-state index in [0.717, 1.165) is 49.8 Å². The molecule has 5 aromatic carbocycles. The average Bonchev–Trinajstić information content (AvgIpc) is 2.92. The Morgan fingerprint density at radius 1 is 0.579 bits per heavy atom. The van der Waals surface area contributed by atoms with Gasteiger partial charge in [-0.15, -0.1) is 0 Å². The Morgan fingerprint density at radius 2 is 1.13 bits per heavy atom. The zero-order valence-corrected chi connectivity index (χ0v) is 20.3. The van der Waals surface area contributed by atoms with Gasteiger partial charge in [-0.2, -0.15) is 21.6 Å². The summed E-state index contributed by atoms with van der Waals surface area (Å²) in [5.41, 5.74) is -0.866. The van der Waals surface area contributed by atoms with Gasteiger partial charge in [-0.05, 0) is 57.3 Å². The molecule has 0 aliphatic rings. The Balaban J connectivity index is 1.44. The zero-order chi connectivity index (χ0) is 26.5. The SMILES string of the molecule is O=S(=O)(Oc1cccc(-c2cccc(-c3ccc4c(c3)c3ccccc3c3nccnc43)c2)c1)C(F)(F)F. The first-order valence-electron chi connectivity index (χ1n) is 11.5. The molecule has 0 aliphatic carbocycles. The van der Waals surface area contributed by atoms with Crippen LogP contribution in [0.5, 0.6) is 5.75 Å². The smallest absolute Gasteiger partial charge is 0.376 e. The molecule has 0 fully saturated rings. The average molecular weight is 531 g/mol. The Kier molecular flexibility index (Phi) is 5.53. The van der Waals surface area contributed by atoms with Gasteiger partial charge < -0.3 is 4.18 Å². The molecule has 5 nitrogen and oxygen atoms in total. The van der Waals surface area contributed by atoms with Gasteiger partial charge in [0.25, 0.3) is 0 Å². The third kappa shape index (κ3) is 4.10. The summed E-state index contributed by atoms with van der Waals surface area (Å²) in [6.07, 6.45) is 3.35. The van der Waals surface area contributed by atoms with Crippen LogP contribution in [0.4, 0.5) is 13.2 Å². The van der Waals surface area contributed by atoms with Gasteiger partial charge in [0, 0.05) is 23.2 Å². The minimum Gasteiger partial charge on any atom is -0.376 e. The second-order valence-electron chi connectivity index (χ2n) is 8.65. The summed E-state index contributed by atoms with van der Waals surface area (Å²) in [5.74, 6) is -0.421. The predicted molar refractivity (Wildman–Crippen MR) is 141 cm³/mol. The third-order valence-electron chi connectivity index (χ3n) is 6.30. The Hall–Kier alpha value is -4.50. The van der Waals surface area contributed by atoms with E-state index >= 15 is 0 Å². The van der Waals surface area contributed by atoms with Gasteiger partial charge in [0.05, 0.1) is 11.0 Å². The molecule has 0 atom stereocenters. The number of benzene rings is 5. The van der Waals surface area contributed by atoms with Crippen LogP contribution >= 0.6 is 0 Å². The lowest BCUT2D eigenvalue weighted by Gasteiger charge is -2.12. The molecule has 9 heteroatoms. The standard InChI is InChI=1S/C29H17F3N2O3S/c30-29(31,32)38(35,36)37-22-8-4-7-20(16-22)18-5-3-6-19(15-18)21-11-12-25-26(17-21)23-9-1-2-10-24(23)27-28(25)34-14-13-33-27/h1-17H. The van der Waals surface area contributed by atoms with E-state index < -0.39 is 21.4 Å². The van der Waals surface area contributed by atoms with E-state index in [4.69, 9.17) is 0 Å². The van der Waals surface area contributed by atoms with Crippen LogP contribution in [0, 0.1) is 0 Å². The summed E-state index contributed by atoms with van der Waals surface area (Å²) in [7, 11) is -5.76. The molecule has 0 unspecified atom stereocenters. The number of rotatable bonds is 4. The number of halogens is 3. The summed E-state index contributed by atoms with van der Waals surface area (Å²) in [4.78, 5) is 9.13. The second-order valence-corrected chi connectivity index (χ2v) is 10.2. The summed E-state index contributed by atoms with van der Waals surface area (Å²) in [6, 6.07) is 27.1. The maximum absolute atomic E-state index is 12.8. The maximum Gasteiger partial charge on any atom is 0.534 e. The molecule has 0 N–H and O–H groups in total. The van der Waals surface area contributed by atoms with E-state index in [0.29, 0.717) is 11.1 Å². The summed E-state index contributed by atoms with van der Waals surface area (Å²) >= 11 is 0. The van der Waals surface area contributed by atoms with Crippen LogP contribution in [0.15, 0.2) is 103 Å². The van der Waals surface area contributed by atoms with E-state index in [1.807, 2.05) is 54.6 Å². The first-order valence-corrected chi connectivity index (χ1v) is 12.9. The molecule has 0 saturated heterocycles. The lowest BCUT2D eigenvalue weighted by atomic mass is 9.94. The van der Waals surface area contributed by atoms with Crippen molar-refractivity contribution in [3.8, 4) is 28.0 Å². The molecule has 0 saturated carbocycles. The van der Waals surface area contributed by atoms with Crippen LogP contribution in [-0.4, -0.2) is 23.9 Å². The molecule has 0 bridgehead atoms. The van der Waals surface area contributed by atoms with E-state index in [-0.39, 0.29) is 0 Å². The Labute approximate surface area is 215 Å². The van der Waals surface area contributed by atoms with Crippen molar-refractivity contribution in [1.29, 1.82) is 0 Å². The van der Waals surface area contributed by atoms with E-state index in [1.54, 1.807) is 24.5 Å². The molecular weight excluding hydrogens is 513 g/mol. The fourth-order valence-electron chi connectivity index (χ4n) is 4.59. The normalized spacial score (nSPS) is 12.3. The number of hydrogen-bond acceptors (Lipinski definition) is 5. The molecule has 1 heterocycles. The molecule has 0 amide bonds. The minimum absolute atomic E-state index is 0.421. The highest BCUT2D eigenvalue weighted by molar-refractivity contribution is 7.88. The van der Waals surface area contributed by atoms with Gasteiger partial charge in [-0.1, -0.05) is 66.7 Å². The van der Waals surface area contributed by atoms with Crippen molar-refractivity contribution in [3.05, 3.63) is 103 Å². The summed E-state index contributed by atoms with van der Waals surface area (Å²) in [6.45, 7) is 0. The van der Waals surface area contributed by atoms with Crippen LogP contribution in [-0.2, 0) is 10.1 Å². The van der Waals surface area contributed by atoms with Gasteiger partial charge in [0.1, 0.15) is 5.75 Å². The Morgan fingerprint density at radius 3 is 1.79 bits per heavy atom. The van der Waals surface area contributed by atoms with Crippen molar-refractivity contribution in [2.75, 3.05) is 0 Å². The highest BCUT2D eigenvalue weighted by Crippen LogP contribution is 2.36. The lowest BCUT2D eigenvalue weighted by molar-refractivity contribution is -0.0500. The molecule has 6 rings (SSSR count).